The van der Waals surface area contributed by atoms with Crippen LogP contribution in [-0.2, 0) is 0 Å². The van der Waals surface area contributed by atoms with E-state index in [-0.39, 0.29) is 11.8 Å². The molecule has 4 rings (SSSR count). The Morgan fingerprint density at radius 3 is 2.75 bits per heavy atom. The lowest BCUT2D eigenvalue weighted by Gasteiger charge is -2.05. The van der Waals surface area contributed by atoms with Gasteiger partial charge in [0.15, 0.2) is 5.82 Å². The largest absolute Gasteiger partial charge is 0.507 e. The van der Waals surface area contributed by atoms with Crippen LogP contribution in [0.5, 0.6) is 5.75 Å². The van der Waals surface area contributed by atoms with Crippen LogP contribution in [-0.4, -0.2) is 29.5 Å². The second-order valence-electron chi connectivity index (χ2n) is 5.77. The standard InChI is InChI=1S/C17H15N5OS/c1-10(2)22-14-8-7-11(9-13(14)19-21-22)16-18-17(24-20-16)12-5-3-4-6-15(12)23/h3-10,23H,1-2H3. The monoisotopic (exact) mass is 337 g/mol. The molecule has 0 amide bonds. The van der Waals surface area contributed by atoms with Crippen LogP contribution in [0.4, 0.5) is 0 Å². The van der Waals surface area contributed by atoms with E-state index in [0.29, 0.717) is 16.4 Å². The molecule has 0 radical (unpaired) electrons. The normalized spacial score (nSPS) is 11.5. The number of rotatable bonds is 3. The van der Waals surface area contributed by atoms with Gasteiger partial charge in [0.2, 0.25) is 0 Å². The summed E-state index contributed by atoms with van der Waals surface area (Å²) in [5.74, 6) is 0.828. The van der Waals surface area contributed by atoms with E-state index < -0.39 is 0 Å². The molecule has 0 aliphatic carbocycles. The van der Waals surface area contributed by atoms with Gasteiger partial charge in [0, 0.05) is 11.6 Å². The van der Waals surface area contributed by atoms with E-state index in [1.54, 1.807) is 12.1 Å². The molecule has 0 aliphatic rings. The van der Waals surface area contributed by atoms with Gasteiger partial charge in [-0.15, -0.1) is 5.10 Å². The first kappa shape index (κ1) is 14.8. The molecule has 2 aromatic heterocycles. The number of para-hydroxylation sites is 1. The van der Waals surface area contributed by atoms with Gasteiger partial charge in [-0.05, 0) is 55.7 Å². The fraction of sp³-hybridized carbons (Fsp3) is 0.176. The van der Waals surface area contributed by atoms with E-state index in [1.165, 1.54) is 11.5 Å². The Morgan fingerprint density at radius 1 is 1.12 bits per heavy atom. The number of aromatic nitrogens is 5. The summed E-state index contributed by atoms with van der Waals surface area (Å²) >= 11 is 1.26. The Hall–Kier alpha value is -2.80. The average molecular weight is 337 g/mol. The minimum atomic E-state index is 0.204. The van der Waals surface area contributed by atoms with E-state index in [1.807, 2.05) is 35.0 Å². The van der Waals surface area contributed by atoms with Crippen LogP contribution in [0.15, 0.2) is 42.5 Å². The Balaban J connectivity index is 1.75. The van der Waals surface area contributed by atoms with Crippen molar-refractivity contribution in [1.82, 2.24) is 24.4 Å². The Morgan fingerprint density at radius 2 is 1.96 bits per heavy atom. The van der Waals surface area contributed by atoms with Gasteiger partial charge < -0.3 is 5.11 Å². The molecule has 6 nitrogen and oxygen atoms in total. The quantitative estimate of drug-likeness (QED) is 0.613. The third-order valence-electron chi connectivity index (χ3n) is 3.78. The van der Waals surface area contributed by atoms with Gasteiger partial charge in [0.25, 0.3) is 0 Å². The lowest BCUT2D eigenvalue weighted by Crippen LogP contribution is -2.02. The summed E-state index contributed by atoms with van der Waals surface area (Å²) in [6.07, 6.45) is 0. The van der Waals surface area contributed by atoms with Crippen LogP contribution < -0.4 is 0 Å². The van der Waals surface area contributed by atoms with Crippen LogP contribution in [0, 0.1) is 0 Å². The fourth-order valence-corrected chi connectivity index (χ4v) is 3.28. The zero-order chi connectivity index (χ0) is 16.7. The molecule has 7 heteroatoms. The van der Waals surface area contributed by atoms with Crippen molar-refractivity contribution >= 4 is 22.6 Å². The van der Waals surface area contributed by atoms with Gasteiger partial charge in [-0.3, -0.25) is 0 Å². The second-order valence-corrected chi connectivity index (χ2v) is 6.52. The molecular formula is C17H15N5OS. The molecular weight excluding hydrogens is 322 g/mol. The molecule has 2 aromatic carbocycles. The summed E-state index contributed by atoms with van der Waals surface area (Å²) in [4.78, 5) is 4.55. The molecule has 4 aromatic rings. The minimum absolute atomic E-state index is 0.204. The van der Waals surface area contributed by atoms with Gasteiger partial charge in [-0.1, -0.05) is 17.3 Å². The SMILES string of the molecule is CC(C)n1nnc2cc(-c3nsc(-c4ccccc4O)n3)ccc21. The van der Waals surface area contributed by atoms with Crippen LogP contribution in [0.25, 0.3) is 33.0 Å². The van der Waals surface area contributed by atoms with Gasteiger partial charge in [0.05, 0.1) is 11.1 Å². The molecule has 0 spiro atoms. The molecule has 0 unspecified atom stereocenters. The topological polar surface area (TPSA) is 76.7 Å². The molecule has 0 aliphatic heterocycles. The zero-order valence-corrected chi connectivity index (χ0v) is 14.0. The Kier molecular flexibility index (Phi) is 3.50. The second kappa shape index (κ2) is 5.68. The maximum absolute atomic E-state index is 9.96. The van der Waals surface area contributed by atoms with Crippen molar-refractivity contribution in [3.8, 4) is 27.7 Å². The lowest BCUT2D eigenvalue weighted by atomic mass is 10.2. The molecule has 0 fully saturated rings. The van der Waals surface area contributed by atoms with Crippen molar-refractivity contribution in [2.75, 3.05) is 0 Å². The van der Waals surface area contributed by atoms with Gasteiger partial charge in [-0.2, -0.15) is 4.37 Å². The first-order valence-corrected chi connectivity index (χ1v) is 8.38. The van der Waals surface area contributed by atoms with Crippen molar-refractivity contribution in [3.63, 3.8) is 0 Å². The van der Waals surface area contributed by atoms with E-state index in [4.69, 9.17) is 0 Å². The van der Waals surface area contributed by atoms with Crippen molar-refractivity contribution in [1.29, 1.82) is 0 Å². The molecule has 120 valence electrons. The van der Waals surface area contributed by atoms with E-state index in [0.717, 1.165) is 16.6 Å². The highest BCUT2D eigenvalue weighted by Gasteiger charge is 2.13. The van der Waals surface area contributed by atoms with Crippen LogP contribution in [0.1, 0.15) is 19.9 Å². The van der Waals surface area contributed by atoms with E-state index in [9.17, 15) is 5.11 Å². The highest BCUT2D eigenvalue weighted by molar-refractivity contribution is 7.09. The third-order valence-corrected chi connectivity index (χ3v) is 4.53. The molecule has 24 heavy (non-hydrogen) atoms. The van der Waals surface area contributed by atoms with Crippen molar-refractivity contribution < 1.29 is 5.11 Å². The Bertz CT molecular complexity index is 1020. The van der Waals surface area contributed by atoms with Crippen molar-refractivity contribution in [2.24, 2.45) is 0 Å². The third kappa shape index (κ3) is 2.43. The summed E-state index contributed by atoms with van der Waals surface area (Å²) in [6, 6.07) is 13.3. The molecule has 0 saturated carbocycles. The average Bonchev–Trinajstić information content (AvgIpc) is 3.21. The number of hydrogen-bond acceptors (Lipinski definition) is 6. The van der Waals surface area contributed by atoms with Gasteiger partial charge in [-0.25, -0.2) is 9.67 Å². The summed E-state index contributed by atoms with van der Waals surface area (Å²) in [5, 5.41) is 19.1. The lowest BCUT2D eigenvalue weighted by molar-refractivity contribution is 0.477. The predicted molar refractivity (Wildman–Crippen MR) is 93.9 cm³/mol. The highest BCUT2D eigenvalue weighted by Crippen LogP contribution is 2.32. The summed E-state index contributed by atoms with van der Waals surface area (Å²) < 4.78 is 6.31. The molecule has 0 bridgehead atoms. The van der Waals surface area contributed by atoms with E-state index >= 15 is 0 Å². The molecule has 1 N–H and O–H groups in total. The van der Waals surface area contributed by atoms with Crippen LogP contribution >= 0.6 is 11.5 Å². The fourth-order valence-electron chi connectivity index (χ4n) is 2.57. The first-order valence-electron chi connectivity index (χ1n) is 7.61. The van der Waals surface area contributed by atoms with Crippen molar-refractivity contribution in [2.45, 2.75) is 19.9 Å². The summed E-state index contributed by atoms with van der Waals surface area (Å²) in [6.45, 7) is 4.14. The molecule has 2 heterocycles. The number of benzene rings is 2. The maximum Gasteiger partial charge on any atom is 0.173 e. The number of aromatic hydroxyl groups is 1. The zero-order valence-electron chi connectivity index (χ0n) is 13.2. The van der Waals surface area contributed by atoms with Gasteiger partial charge >= 0.3 is 0 Å². The smallest absolute Gasteiger partial charge is 0.173 e. The minimum Gasteiger partial charge on any atom is -0.507 e. The highest BCUT2D eigenvalue weighted by atomic mass is 32.1. The first-order chi connectivity index (χ1) is 11.6. The van der Waals surface area contributed by atoms with Crippen LogP contribution in [0.2, 0.25) is 0 Å². The predicted octanol–water partition coefficient (Wildman–Crippen LogP) is 3.90. The number of phenols is 1. The number of hydrogen-bond donors (Lipinski definition) is 1. The molecule has 0 saturated heterocycles. The summed E-state index contributed by atoms with van der Waals surface area (Å²) in [7, 11) is 0. The Labute approximate surface area is 142 Å². The number of phenolic OH excluding ortho intramolecular Hbond substituents is 1. The van der Waals surface area contributed by atoms with Crippen LogP contribution in [0.3, 0.4) is 0 Å². The molecule has 0 atom stereocenters. The number of fused-ring (bicyclic) bond motifs is 1. The summed E-state index contributed by atoms with van der Waals surface area (Å²) in [5.41, 5.74) is 3.38. The maximum atomic E-state index is 9.96. The number of nitrogens with zero attached hydrogens (tertiary/aromatic N) is 5. The van der Waals surface area contributed by atoms with E-state index in [2.05, 4.69) is 33.5 Å². The van der Waals surface area contributed by atoms with Gasteiger partial charge in [0.1, 0.15) is 16.3 Å². The van der Waals surface area contributed by atoms with Crippen molar-refractivity contribution in [3.05, 3.63) is 42.5 Å².